The van der Waals surface area contributed by atoms with Crippen LogP contribution in [0.15, 0.2) is 36.4 Å². The Labute approximate surface area is 106 Å². The molecule has 0 spiro atoms. The molecule has 1 heterocycles. The largest absolute Gasteiger partial charge is 0.490 e. The molecule has 1 aliphatic heterocycles. The van der Waals surface area contributed by atoms with Gasteiger partial charge >= 0.3 is 0 Å². The van der Waals surface area contributed by atoms with Crippen molar-refractivity contribution in [3.8, 4) is 5.75 Å². The summed E-state index contributed by atoms with van der Waals surface area (Å²) in [5.41, 5.74) is 1.13. The summed E-state index contributed by atoms with van der Waals surface area (Å²) in [5, 5.41) is 11.4. The summed E-state index contributed by atoms with van der Waals surface area (Å²) in [7, 11) is 0. The van der Waals surface area contributed by atoms with E-state index < -0.39 is 0 Å². The number of hydrogen-bond donors (Lipinski definition) is 1. The summed E-state index contributed by atoms with van der Waals surface area (Å²) in [5.74, 6) is 0.882. The smallest absolute Gasteiger partial charge is 0.127 e. The number of ether oxygens (including phenoxy) is 2. The van der Waals surface area contributed by atoms with E-state index in [0.29, 0.717) is 13.0 Å². The van der Waals surface area contributed by atoms with Crippen LogP contribution in [-0.2, 0) is 11.2 Å². The standard InChI is InChI=1S/C15H16O3/c16-8-7-12-4-1-3-11-5-2-6-14(15(11)12)18-10-13-9-17-13/h1-6,13,16H,7-10H2. The fraction of sp³-hybridized carbons (Fsp3) is 0.333. The number of fused-ring (bicyclic) bond motifs is 1. The first-order valence-corrected chi connectivity index (χ1v) is 6.24. The zero-order valence-electron chi connectivity index (χ0n) is 10.1. The average Bonchev–Trinajstić information content (AvgIpc) is 3.21. The normalized spacial score (nSPS) is 17.9. The molecule has 1 saturated heterocycles. The monoisotopic (exact) mass is 244 g/mol. The molecule has 1 aliphatic rings. The third kappa shape index (κ3) is 2.33. The van der Waals surface area contributed by atoms with Crippen molar-refractivity contribution in [3.63, 3.8) is 0 Å². The predicted molar refractivity (Wildman–Crippen MR) is 70.0 cm³/mol. The number of aliphatic hydroxyl groups is 1. The van der Waals surface area contributed by atoms with Gasteiger partial charge in [-0.05, 0) is 23.4 Å². The van der Waals surface area contributed by atoms with E-state index >= 15 is 0 Å². The first-order valence-electron chi connectivity index (χ1n) is 6.24. The Morgan fingerprint density at radius 2 is 2.00 bits per heavy atom. The molecular weight excluding hydrogens is 228 g/mol. The Morgan fingerprint density at radius 3 is 2.72 bits per heavy atom. The van der Waals surface area contributed by atoms with Crippen molar-refractivity contribution in [3.05, 3.63) is 42.0 Å². The molecule has 1 atom stereocenters. The van der Waals surface area contributed by atoms with Crippen molar-refractivity contribution < 1.29 is 14.6 Å². The van der Waals surface area contributed by atoms with Crippen molar-refractivity contribution in [1.29, 1.82) is 0 Å². The maximum Gasteiger partial charge on any atom is 0.127 e. The van der Waals surface area contributed by atoms with Crippen molar-refractivity contribution in [2.24, 2.45) is 0 Å². The maximum absolute atomic E-state index is 9.14. The zero-order valence-corrected chi connectivity index (χ0v) is 10.1. The van der Waals surface area contributed by atoms with E-state index in [4.69, 9.17) is 14.6 Å². The molecule has 1 unspecified atom stereocenters. The van der Waals surface area contributed by atoms with Gasteiger partial charge in [0, 0.05) is 12.0 Å². The Kier molecular flexibility index (Phi) is 3.17. The second kappa shape index (κ2) is 4.96. The van der Waals surface area contributed by atoms with Crippen LogP contribution in [0.25, 0.3) is 10.8 Å². The van der Waals surface area contributed by atoms with Gasteiger partial charge in [0.05, 0.1) is 6.61 Å². The van der Waals surface area contributed by atoms with Gasteiger partial charge in [-0.1, -0.05) is 30.3 Å². The van der Waals surface area contributed by atoms with E-state index in [0.717, 1.165) is 28.7 Å². The van der Waals surface area contributed by atoms with Crippen LogP contribution in [0.1, 0.15) is 5.56 Å². The second-order valence-electron chi connectivity index (χ2n) is 4.51. The summed E-state index contributed by atoms with van der Waals surface area (Å²) < 4.78 is 11.0. The van der Waals surface area contributed by atoms with Crippen molar-refractivity contribution in [1.82, 2.24) is 0 Å². The molecular formula is C15H16O3. The van der Waals surface area contributed by atoms with Gasteiger partial charge < -0.3 is 14.6 Å². The fourth-order valence-corrected chi connectivity index (χ4v) is 2.18. The first-order chi connectivity index (χ1) is 8.88. The molecule has 0 aromatic heterocycles. The molecule has 1 N–H and O–H groups in total. The highest BCUT2D eigenvalue weighted by molar-refractivity contribution is 5.91. The number of epoxide rings is 1. The third-order valence-electron chi connectivity index (χ3n) is 3.16. The van der Waals surface area contributed by atoms with Gasteiger partial charge in [0.2, 0.25) is 0 Å². The molecule has 94 valence electrons. The highest BCUT2D eigenvalue weighted by Gasteiger charge is 2.23. The van der Waals surface area contributed by atoms with Crippen LogP contribution < -0.4 is 4.74 Å². The van der Waals surface area contributed by atoms with Crippen LogP contribution in [0.3, 0.4) is 0 Å². The summed E-state index contributed by atoms with van der Waals surface area (Å²) in [6.45, 7) is 1.56. The van der Waals surface area contributed by atoms with Crippen LogP contribution in [0.2, 0.25) is 0 Å². The lowest BCUT2D eigenvalue weighted by molar-refractivity contribution is 0.265. The molecule has 3 rings (SSSR count). The Bertz CT molecular complexity index is 541. The number of rotatable bonds is 5. The Balaban J connectivity index is 1.99. The van der Waals surface area contributed by atoms with Crippen molar-refractivity contribution in [2.75, 3.05) is 19.8 Å². The quantitative estimate of drug-likeness (QED) is 0.819. The van der Waals surface area contributed by atoms with Crippen LogP contribution in [0.5, 0.6) is 5.75 Å². The lowest BCUT2D eigenvalue weighted by Crippen LogP contribution is -2.05. The van der Waals surface area contributed by atoms with Gasteiger partial charge in [-0.25, -0.2) is 0 Å². The molecule has 0 radical (unpaired) electrons. The van der Waals surface area contributed by atoms with Gasteiger partial charge in [0.25, 0.3) is 0 Å². The summed E-state index contributed by atoms with van der Waals surface area (Å²) >= 11 is 0. The second-order valence-corrected chi connectivity index (χ2v) is 4.51. The van der Waals surface area contributed by atoms with Crippen LogP contribution in [0, 0.1) is 0 Å². The number of aliphatic hydroxyl groups excluding tert-OH is 1. The minimum Gasteiger partial charge on any atom is -0.490 e. The minimum absolute atomic E-state index is 0.152. The topological polar surface area (TPSA) is 42.0 Å². The van der Waals surface area contributed by atoms with E-state index in [1.54, 1.807) is 0 Å². The van der Waals surface area contributed by atoms with Crippen LogP contribution in [0.4, 0.5) is 0 Å². The fourth-order valence-electron chi connectivity index (χ4n) is 2.18. The number of hydrogen-bond acceptors (Lipinski definition) is 3. The molecule has 18 heavy (non-hydrogen) atoms. The predicted octanol–water partition coefficient (Wildman–Crippen LogP) is 2.15. The van der Waals surface area contributed by atoms with Gasteiger partial charge in [-0.3, -0.25) is 0 Å². The van der Waals surface area contributed by atoms with E-state index in [1.165, 1.54) is 0 Å². The highest BCUT2D eigenvalue weighted by Crippen LogP contribution is 2.30. The lowest BCUT2D eigenvalue weighted by atomic mass is 10.0. The first kappa shape index (κ1) is 11.5. The summed E-state index contributed by atoms with van der Waals surface area (Å²) in [6.07, 6.45) is 0.905. The molecule has 3 nitrogen and oxygen atoms in total. The molecule has 1 fully saturated rings. The molecule has 3 heteroatoms. The van der Waals surface area contributed by atoms with Crippen molar-refractivity contribution >= 4 is 10.8 Å². The molecule has 2 aromatic carbocycles. The average molecular weight is 244 g/mol. The van der Waals surface area contributed by atoms with E-state index in [2.05, 4.69) is 12.1 Å². The van der Waals surface area contributed by atoms with Gasteiger partial charge in [0.1, 0.15) is 18.5 Å². The Hall–Kier alpha value is -1.58. The maximum atomic E-state index is 9.14. The summed E-state index contributed by atoms with van der Waals surface area (Å²) in [6, 6.07) is 12.2. The molecule has 0 aliphatic carbocycles. The third-order valence-corrected chi connectivity index (χ3v) is 3.16. The van der Waals surface area contributed by atoms with Gasteiger partial charge in [-0.2, -0.15) is 0 Å². The molecule has 2 aromatic rings. The highest BCUT2D eigenvalue weighted by atomic mass is 16.6. The van der Waals surface area contributed by atoms with Crippen molar-refractivity contribution in [2.45, 2.75) is 12.5 Å². The SMILES string of the molecule is OCCc1cccc2cccc(OCC3CO3)c12. The minimum atomic E-state index is 0.152. The molecule has 0 amide bonds. The zero-order chi connectivity index (χ0) is 12.4. The van der Waals surface area contributed by atoms with Gasteiger partial charge in [-0.15, -0.1) is 0 Å². The molecule has 0 bridgehead atoms. The van der Waals surface area contributed by atoms with Crippen LogP contribution in [-0.4, -0.2) is 31.0 Å². The number of benzene rings is 2. The Morgan fingerprint density at radius 1 is 1.22 bits per heavy atom. The van der Waals surface area contributed by atoms with Crippen LogP contribution >= 0.6 is 0 Å². The lowest BCUT2D eigenvalue weighted by Gasteiger charge is -2.11. The van der Waals surface area contributed by atoms with E-state index in [9.17, 15) is 0 Å². The van der Waals surface area contributed by atoms with E-state index in [1.807, 2.05) is 24.3 Å². The van der Waals surface area contributed by atoms with E-state index in [-0.39, 0.29) is 12.7 Å². The summed E-state index contributed by atoms with van der Waals surface area (Å²) in [4.78, 5) is 0. The van der Waals surface area contributed by atoms with Gasteiger partial charge in [0.15, 0.2) is 0 Å². The molecule has 0 saturated carbocycles.